The second kappa shape index (κ2) is 4.07. The number of rotatable bonds is 2. The third kappa shape index (κ3) is 2.08. The minimum absolute atomic E-state index is 0.166. The second-order valence-corrected chi connectivity index (χ2v) is 2.32. The molecule has 0 aromatic heterocycles. The average Bonchev–Trinajstić information content (AvgIpc) is 2.11. The summed E-state index contributed by atoms with van der Waals surface area (Å²) in [6.07, 6.45) is 0. The molecule has 0 bridgehead atoms. The van der Waals surface area contributed by atoms with E-state index in [2.05, 4.69) is 21.9 Å². The molecule has 0 spiro atoms. The predicted octanol–water partition coefficient (Wildman–Crippen LogP) is 2.71. The lowest BCUT2D eigenvalue weighted by atomic mass is 10.3. The van der Waals surface area contributed by atoms with Gasteiger partial charge in [0.25, 0.3) is 0 Å². The van der Waals surface area contributed by atoms with Crippen molar-refractivity contribution in [2.45, 2.75) is 0 Å². The molecule has 0 aliphatic heterocycles. The van der Waals surface area contributed by atoms with Gasteiger partial charge in [-0.25, -0.2) is 8.78 Å². The van der Waals surface area contributed by atoms with Crippen molar-refractivity contribution in [3.8, 4) is 5.75 Å². The van der Waals surface area contributed by atoms with Crippen LogP contribution in [0.25, 0.3) is 0 Å². The van der Waals surface area contributed by atoms with Gasteiger partial charge in [-0.05, 0) is 12.2 Å². The maximum Gasteiger partial charge on any atom is 0.167 e. The van der Waals surface area contributed by atoms with E-state index >= 15 is 0 Å². The molecule has 1 aromatic rings. The van der Waals surface area contributed by atoms with Gasteiger partial charge in [0, 0.05) is 12.1 Å². The lowest BCUT2D eigenvalue weighted by Crippen LogP contribution is -1.89. The summed E-state index contributed by atoms with van der Waals surface area (Å²) < 4.78 is 30.5. The largest absolute Gasteiger partial charge is 0.494 e. The summed E-state index contributed by atoms with van der Waals surface area (Å²) in [7, 11) is 1.25. The van der Waals surface area contributed by atoms with E-state index < -0.39 is 11.6 Å². The molecule has 0 heterocycles. The van der Waals surface area contributed by atoms with Crippen molar-refractivity contribution in [3.05, 3.63) is 23.8 Å². The van der Waals surface area contributed by atoms with Gasteiger partial charge in [-0.15, -0.1) is 0 Å². The van der Waals surface area contributed by atoms with Crippen LogP contribution in [0.5, 0.6) is 5.75 Å². The molecule has 0 aliphatic carbocycles. The Bertz CT molecular complexity index is 375. The van der Waals surface area contributed by atoms with Crippen LogP contribution in [-0.4, -0.2) is 12.3 Å². The molecule has 1 rings (SSSR count). The number of hydrogen-bond acceptors (Lipinski definition) is 3. The average molecular weight is 201 g/mol. The van der Waals surface area contributed by atoms with E-state index in [0.717, 1.165) is 12.1 Å². The van der Waals surface area contributed by atoms with Crippen LogP contribution in [0.15, 0.2) is 17.1 Å². The molecule has 0 saturated carbocycles. The van der Waals surface area contributed by atoms with Gasteiger partial charge in [0.2, 0.25) is 0 Å². The van der Waals surface area contributed by atoms with Gasteiger partial charge >= 0.3 is 0 Å². The molecule has 68 valence electrons. The summed E-state index contributed by atoms with van der Waals surface area (Å²) in [5.41, 5.74) is -0.187. The Balaban J connectivity index is 3.27. The highest BCUT2D eigenvalue weighted by Gasteiger charge is 2.08. The van der Waals surface area contributed by atoms with Gasteiger partial charge in [-0.3, -0.25) is 0 Å². The molecule has 0 aliphatic rings. The van der Waals surface area contributed by atoms with E-state index in [1.807, 2.05) is 5.16 Å². The monoisotopic (exact) mass is 201 g/mol. The number of benzene rings is 1. The fraction of sp³-hybridized carbons (Fsp3) is 0.125. The second-order valence-electron chi connectivity index (χ2n) is 2.14. The zero-order chi connectivity index (χ0) is 9.84. The van der Waals surface area contributed by atoms with Crippen LogP contribution >= 0.6 is 12.2 Å². The highest BCUT2D eigenvalue weighted by atomic mass is 32.1. The summed E-state index contributed by atoms with van der Waals surface area (Å²) in [6.45, 7) is 0. The first-order chi connectivity index (χ1) is 6.19. The first kappa shape index (κ1) is 9.77. The van der Waals surface area contributed by atoms with Crippen LogP contribution in [-0.2, 0) is 0 Å². The lowest BCUT2D eigenvalue weighted by Gasteiger charge is -2.02. The van der Waals surface area contributed by atoms with Crippen LogP contribution in [0, 0.1) is 11.6 Å². The summed E-state index contributed by atoms with van der Waals surface area (Å²) in [5, 5.41) is 1.95. The fourth-order valence-corrected chi connectivity index (χ4v) is 0.908. The van der Waals surface area contributed by atoms with Crippen molar-refractivity contribution in [2.24, 2.45) is 4.99 Å². The molecule has 13 heavy (non-hydrogen) atoms. The van der Waals surface area contributed by atoms with Crippen LogP contribution in [0.2, 0.25) is 0 Å². The van der Waals surface area contributed by atoms with Crippen molar-refractivity contribution >= 4 is 23.1 Å². The molecule has 0 radical (unpaired) electrons. The lowest BCUT2D eigenvalue weighted by molar-refractivity contribution is 0.383. The number of thiocarbonyl (C=S) groups is 1. The Morgan fingerprint density at radius 2 is 2.08 bits per heavy atom. The maximum absolute atomic E-state index is 13.0. The molecular formula is C8H5F2NOS. The molecule has 1 aromatic carbocycles. The standard InChI is InChI=1S/C8H5F2NOS/c1-12-8-3-5(9)7(11-4-13)2-6(8)10/h2-3H,1H3. The molecule has 0 fully saturated rings. The maximum atomic E-state index is 13.0. The van der Waals surface area contributed by atoms with E-state index in [9.17, 15) is 8.78 Å². The van der Waals surface area contributed by atoms with E-state index in [0.29, 0.717) is 0 Å². The SMILES string of the molecule is COc1cc(F)c(N=C=S)cc1F. The fourth-order valence-electron chi connectivity index (χ4n) is 0.809. The Hall–Kier alpha value is -1.32. The van der Waals surface area contributed by atoms with E-state index in [-0.39, 0.29) is 11.4 Å². The summed E-state index contributed by atoms with van der Waals surface area (Å²) in [6, 6.07) is 1.80. The Morgan fingerprint density at radius 3 is 2.62 bits per heavy atom. The van der Waals surface area contributed by atoms with Crippen molar-refractivity contribution in [1.82, 2.24) is 0 Å². The highest BCUT2D eigenvalue weighted by Crippen LogP contribution is 2.26. The molecule has 0 atom stereocenters. The number of nitrogens with zero attached hydrogens (tertiary/aromatic N) is 1. The van der Waals surface area contributed by atoms with E-state index in [4.69, 9.17) is 0 Å². The number of hydrogen-bond donors (Lipinski definition) is 0. The summed E-state index contributed by atoms with van der Waals surface area (Å²) in [5.74, 6) is -1.55. The van der Waals surface area contributed by atoms with Gasteiger partial charge in [-0.2, -0.15) is 4.99 Å². The Labute approximate surface area is 78.9 Å². The summed E-state index contributed by atoms with van der Waals surface area (Å²) >= 11 is 4.26. The third-order valence-corrected chi connectivity index (χ3v) is 1.48. The van der Waals surface area contributed by atoms with Gasteiger partial charge in [0.05, 0.1) is 12.3 Å². The van der Waals surface area contributed by atoms with Gasteiger partial charge < -0.3 is 4.74 Å². The molecule has 0 saturated heterocycles. The Kier molecular flexibility index (Phi) is 3.06. The number of aliphatic imine (C=N–C) groups is 1. The number of isothiocyanates is 1. The molecule has 0 unspecified atom stereocenters. The quantitative estimate of drug-likeness (QED) is 0.542. The van der Waals surface area contributed by atoms with Gasteiger partial charge in [0.15, 0.2) is 17.4 Å². The molecule has 5 heteroatoms. The van der Waals surface area contributed by atoms with Crippen molar-refractivity contribution < 1.29 is 13.5 Å². The smallest absolute Gasteiger partial charge is 0.167 e. The van der Waals surface area contributed by atoms with E-state index in [1.54, 1.807) is 0 Å². The number of halogens is 2. The first-order valence-corrected chi connectivity index (χ1v) is 3.70. The molecule has 2 nitrogen and oxygen atoms in total. The van der Waals surface area contributed by atoms with Crippen molar-refractivity contribution in [2.75, 3.05) is 7.11 Å². The predicted molar refractivity (Wildman–Crippen MR) is 47.6 cm³/mol. The van der Waals surface area contributed by atoms with Crippen LogP contribution < -0.4 is 4.74 Å². The molecular weight excluding hydrogens is 196 g/mol. The third-order valence-electron chi connectivity index (χ3n) is 1.39. The minimum atomic E-state index is -0.699. The number of ether oxygens (including phenoxy) is 1. The minimum Gasteiger partial charge on any atom is -0.494 e. The van der Waals surface area contributed by atoms with Crippen molar-refractivity contribution in [3.63, 3.8) is 0 Å². The Morgan fingerprint density at radius 1 is 1.38 bits per heavy atom. The highest BCUT2D eigenvalue weighted by molar-refractivity contribution is 7.78. The van der Waals surface area contributed by atoms with Gasteiger partial charge in [-0.1, -0.05) is 0 Å². The first-order valence-electron chi connectivity index (χ1n) is 3.30. The van der Waals surface area contributed by atoms with Crippen LogP contribution in [0.1, 0.15) is 0 Å². The zero-order valence-electron chi connectivity index (χ0n) is 6.67. The topological polar surface area (TPSA) is 21.6 Å². The van der Waals surface area contributed by atoms with Crippen LogP contribution in [0.4, 0.5) is 14.5 Å². The molecule has 0 N–H and O–H groups in total. The summed E-state index contributed by atoms with van der Waals surface area (Å²) in [4.78, 5) is 3.34. The van der Waals surface area contributed by atoms with E-state index in [1.165, 1.54) is 7.11 Å². The zero-order valence-corrected chi connectivity index (χ0v) is 7.49. The molecule has 0 amide bonds. The number of methoxy groups -OCH3 is 1. The van der Waals surface area contributed by atoms with Gasteiger partial charge in [0.1, 0.15) is 5.69 Å². The normalized spacial score (nSPS) is 9.15. The van der Waals surface area contributed by atoms with Crippen LogP contribution in [0.3, 0.4) is 0 Å². The van der Waals surface area contributed by atoms with Crippen molar-refractivity contribution in [1.29, 1.82) is 0 Å².